The number of piperidine rings is 1. The predicted octanol–water partition coefficient (Wildman–Crippen LogP) is 1.12. The monoisotopic (exact) mass is 253 g/mol. The van der Waals surface area contributed by atoms with Gasteiger partial charge in [-0.05, 0) is 59.2 Å². The van der Waals surface area contributed by atoms with E-state index in [9.17, 15) is 4.79 Å². The molecule has 1 saturated carbocycles. The normalized spacial score (nSPS) is 26.9. The summed E-state index contributed by atoms with van der Waals surface area (Å²) >= 11 is 0. The van der Waals surface area contributed by atoms with E-state index >= 15 is 0 Å². The maximum absolute atomic E-state index is 12.1. The first-order chi connectivity index (χ1) is 8.72. The molecular formula is C14H27N3O. The third-order valence-corrected chi connectivity index (χ3v) is 4.20. The molecule has 4 nitrogen and oxygen atoms in total. The topological polar surface area (TPSA) is 44.4 Å². The molecule has 0 radical (unpaired) electrons. The highest BCUT2D eigenvalue weighted by Crippen LogP contribution is 2.23. The fraction of sp³-hybridized carbons (Fsp3) is 0.929. The largest absolute Gasteiger partial charge is 0.352 e. The van der Waals surface area contributed by atoms with Gasteiger partial charge in [0.1, 0.15) is 0 Å². The molecule has 2 N–H and O–H groups in total. The number of amides is 1. The van der Waals surface area contributed by atoms with Gasteiger partial charge in [0.15, 0.2) is 0 Å². The summed E-state index contributed by atoms with van der Waals surface area (Å²) in [6.45, 7) is 4.18. The van der Waals surface area contributed by atoms with Gasteiger partial charge in [-0.15, -0.1) is 0 Å². The Labute approximate surface area is 110 Å². The molecule has 0 aromatic heterocycles. The first kappa shape index (κ1) is 13.8. The van der Waals surface area contributed by atoms with Crippen molar-refractivity contribution < 1.29 is 4.79 Å². The lowest BCUT2D eigenvalue weighted by Gasteiger charge is -2.39. The summed E-state index contributed by atoms with van der Waals surface area (Å²) in [4.78, 5) is 14.6. The number of hydrogen-bond acceptors (Lipinski definition) is 3. The summed E-state index contributed by atoms with van der Waals surface area (Å²) in [7, 11) is 2.00. The Morgan fingerprint density at radius 1 is 1.33 bits per heavy atom. The lowest BCUT2D eigenvalue weighted by Crippen LogP contribution is -2.52. The van der Waals surface area contributed by atoms with Crippen LogP contribution in [0.25, 0.3) is 0 Å². The minimum absolute atomic E-state index is 0.0350. The highest BCUT2D eigenvalue weighted by atomic mass is 16.2. The molecule has 104 valence electrons. The molecule has 18 heavy (non-hydrogen) atoms. The van der Waals surface area contributed by atoms with E-state index in [2.05, 4.69) is 22.5 Å². The first-order valence-electron chi connectivity index (χ1n) is 7.43. The lowest BCUT2D eigenvalue weighted by atomic mass is 9.97. The van der Waals surface area contributed by atoms with Gasteiger partial charge in [0.05, 0.1) is 6.04 Å². The van der Waals surface area contributed by atoms with Crippen LogP contribution in [-0.2, 0) is 4.79 Å². The number of carbonyl (C=O) groups excluding carboxylic acids is 1. The quantitative estimate of drug-likeness (QED) is 0.745. The van der Waals surface area contributed by atoms with E-state index in [4.69, 9.17) is 0 Å². The molecule has 1 saturated heterocycles. The molecule has 0 bridgehead atoms. The maximum Gasteiger partial charge on any atom is 0.237 e. The second-order valence-corrected chi connectivity index (χ2v) is 5.74. The molecule has 2 unspecified atom stereocenters. The second kappa shape index (κ2) is 6.53. The predicted molar refractivity (Wildman–Crippen MR) is 73.5 cm³/mol. The summed E-state index contributed by atoms with van der Waals surface area (Å²) in [5, 5.41) is 6.35. The summed E-state index contributed by atoms with van der Waals surface area (Å²) < 4.78 is 0. The van der Waals surface area contributed by atoms with Crippen LogP contribution in [0, 0.1) is 0 Å². The molecule has 0 spiro atoms. The lowest BCUT2D eigenvalue weighted by molar-refractivity contribution is -0.127. The van der Waals surface area contributed by atoms with E-state index < -0.39 is 0 Å². The van der Waals surface area contributed by atoms with Crippen molar-refractivity contribution >= 4 is 5.91 Å². The fourth-order valence-electron chi connectivity index (χ4n) is 2.85. The summed E-state index contributed by atoms with van der Waals surface area (Å²) in [6.07, 6.45) is 7.27. The third-order valence-electron chi connectivity index (χ3n) is 4.20. The minimum atomic E-state index is 0.0350. The zero-order valence-corrected chi connectivity index (χ0v) is 11.7. The average Bonchev–Trinajstić information content (AvgIpc) is 3.19. The van der Waals surface area contributed by atoms with Crippen LogP contribution in [-0.4, -0.2) is 49.1 Å². The highest BCUT2D eigenvalue weighted by Gasteiger charge is 2.32. The summed E-state index contributed by atoms with van der Waals surface area (Å²) in [5.41, 5.74) is 0. The number of nitrogens with one attached hydrogen (secondary N) is 2. The van der Waals surface area contributed by atoms with Gasteiger partial charge in [0, 0.05) is 12.1 Å². The Balaban J connectivity index is 1.87. The molecule has 2 fully saturated rings. The van der Waals surface area contributed by atoms with Gasteiger partial charge in [0.2, 0.25) is 5.91 Å². The van der Waals surface area contributed by atoms with Crippen molar-refractivity contribution in [1.82, 2.24) is 15.5 Å². The van der Waals surface area contributed by atoms with Crippen LogP contribution < -0.4 is 10.6 Å². The van der Waals surface area contributed by atoms with Gasteiger partial charge in [-0.1, -0.05) is 6.42 Å². The molecular weight excluding hydrogens is 226 g/mol. The van der Waals surface area contributed by atoms with E-state index in [0.717, 1.165) is 19.5 Å². The molecule has 0 aromatic rings. The zero-order chi connectivity index (χ0) is 13.0. The van der Waals surface area contributed by atoms with Crippen molar-refractivity contribution in [2.24, 2.45) is 0 Å². The second-order valence-electron chi connectivity index (χ2n) is 5.74. The smallest absolute Gasteiger partial charge is 0.237 e. The number of nitrogens with zero attached hydrogens (tertiary/aromatic N) is 1. The highest BCUT2D eigenvalue weighted by molar-refractivity contribution is 5.81. The Bertz CT molecular complexity index is 278. The minimum Gasteiger partial charge on any atom is -0.352 e. The van der Waals surface area contributed by atoms with Crippen LogP contribution in [0.2, 0.25) is 0 Å². The van der Waals surface area contributed by atoms with Crippen molar-refractivity contribution in [3.63, 3.8) is 0 Å². The van der Waals surface area contributed by atoms with Crippen molar-refractivity contribution in [3.05, 3.63) is 0 Å². The van der Waals surface area contributed by atoms with E-state index in [1.165, 1.54) is 32.1 Å². The van der Waals surface area contributed by atoms with Gasteiger partial charge < -0.3 is 10.6 Å². The molecule has 2 rings (SSSR count). The molecule has 4 heteroatoms. The van der Waals surface area contributed by atoms with E-state index in [1.54, 1.807) is 0 Å². The van der Waals surface area contributed by atoms with E-state index in [0.29, 0.717) is 12.1 Å². The summed E-state index contributed by atoms with van der Waals surface area (Å²) in [6, 6.07) is 1.08. The van der Waals surface area contributed by atoms with Crippen LogP contribution in [0.15, 0.2) is 0 Å². The van der Waals surface area contributed by atoms with Crippen LogP contribution in [0.1, 0.15) is 45.4 Å². The molecule has 2 aliphatic rings. The molecule has 1 amide bonds. The molecule has 1 aliphatic carbocycles. The van der Waals surface area contributed by atoms with E-state index in [-0.39, 0.29) is 11.9 Å². The van der Waals surface area contributed by atoms with Gasteiger partial charge in [0.25, 0.3) is 0 Å². The standard InChI is InChI=1S/C14H27N3O/c1-11(14(18)16-12-6-7-12)17-10-4-3-5-13(17)8-9-15-2/h11-13,15H,3-10H2,1-2H3,(H,16,18). The number of hydrogen-bond donors (Lipinski definition) is 2. The third kappa shape index (κ3) is 3.69. The van der Waals surface area contributed by atoms with Crippen molar-refractivity contribution in [2.45, 2.75) is 63.6 Å². The Hall–Kier alpha value is -0.610. The summed E-state index contributed by atoms with van der Waals surface area (Å²) in [5.74, 6) is 0.230. The van der Waals surface area contributed by atoms with Gasteiger partial charge >= 0.3 is 0 Å². The van der Waals surface area contributed by atoms with E-state index in [1.807, 2.05) is 7.05 Å². The van der Waals surface area contributed by atoms with Crippen LogP contribution in [0.5, 0.6) is 0 Å². The number of rotatable bonds is 6. The van der Waals surface area contributed by atoms with Crippen molar-refractivity contribution in [3.8, 4) is 0 Å². The first-order valence-corrected chi connectivity index (χ1v) is 7.43. The van der Waals surface area contributed by atoms with Crippen LogP contribution in [0.4, 0.5) is 0 Å². The molecule has 1 heterocycles. The molecule has 1 aliphatic heterocycles. The maximum atomic E-state index is 12.1. The zero-order valence-electron chi connectivity index (χ0n) is 11.7. The molecule has 0 aromatic carbocycles. The Morgan fingerprint density at radius 3 is 2.78 bits per heavy atom. The SMILES string of the molecule is CNCCC1CCCCN1C(C)C(=O)NC1CC1. The number of carbonyl (C=O) groups is 1. The van der Waals surface area contributed by atoms with Gasteiger partial charge in [-0.2, -0.15) is 0 Å². The Morgan fingerprint density at radius 2 is 2.11 bits per heavy atom. The molecule has 2 atom stereocenters. The van der Waals surface area contributed by atoms with Crippen LogP contribution >= 0.6 is 0 Å². The van der Waals surface area contributed by atoms with Crippen LogP contribution in [0.3, 0.4) is 0 Å². The van der Waals surface area contributed by atoms with Crippen molar-refractivity contribution in [2.75, 3.05) is 20.1 Å². The Kier molecular flexibility index (Phi) is 5.01. The average molecular weight is 253 g/mol. The van der Waals surface area contributed by atoms with Gasteiger partial charge in [-0.25, -0.2) is 0 Å². The number of likely N-dealkylation sites (tertiary alicyclic amines) is 1. The van der Waals surface area contributed by atoms with Crippen molar-refractivity contribution in [1.29, 1.82) is 0 Å². The van der Waals surface area contributed by atoms with Gasteiger partial charge in [-0.3, -0.25) is 9.69 Å². The fourth-order valence-corrected chi connectivity index (χ4v) is 2.85.